The molecule has 2 atom stereocenters. The fourth-order valence-corrected chi connectivity index (χ4v) is 4.88. The van der Waals surface area contributed by atoms with E-state index >= 15 is 0 Å². The third-order valence-electron chi connectivity index (χ3n) is 6.69. The minimum absolute atomic E-state index is 0.0995. The van der Waals surface area contributed by atoms with Crippen molar-refractivity contribution in [2.45, 2.75) is 25.0 Å². The van der Waals surface area contributed by atoms with Crippen LogP contribution in [0.1, 0.15) is 34.9 Å². The van der Waals surface area contributed by atoms with Crippen molar-refractivity contribution in [2.75, 3.05) is 21.3 Å². The van der Waals surface area contributed by atoms with E-state index in [4.69, 9.17) is 28.7 Å². The second-order valence-electron chi connectivity index (χ2n) is 8.88. The maximum atomic E-state index is 10.1. The van der Waals surface area contributed by atoms with Crippen molar-refractivity contribution in [3.8, 4) is 28.9 Å². The predicted molar refractivity (Wildman–Crippen MR) is 137 cm³/mol. The Balaban J connectivity index is 1.45. The van der Waals surface area contributed by atoms with E-state index in [-0.39, 0.29) is 24.4 Å². The van der Waals surface area contributed by atoms with Gasteiger partial charge in [-0.15, -0.1) is 5.10 Å². The Kier molecular flexibility index (Phi) is 6.09. The second-order valence-corrected chi connectivity index (χ2v) is 8.88. The van der Waals surface area contributed by atoms with Crippen LogP contribution in [0.15, 0.2) is 66.7 Å². The zero-order valence-corrected chi connectivity index (χ0v) is 21.1. The molecular weight excluding hydrogens is 488 g/mol. The van der Waals surface area contributed by atoms with Gasteiger partial charge in [-0.1, -0.05) is 24.3 Å². The van der Waals surface area contributed by atoms with Crippen molar-refractivity contribution >= 4 is 5.65 Å². The molecule has 194 valence electrons. The molecule has 0 fully saturated rings. The van der Waals surface area contributed by atoms with Crippen LogP contribution in [0.5, 0.6) is 28.9 Å². The van der Waals surface area contributed by atoms with Crippen molar-refractivity contribution in [3.63, 3.8) is 0 Å². The molecule has 2 aromatic heterocycles. The number of fused-ring (bicyclic) bond motifs is 4. The Bertz CT molecular complexity index is 1580. The van der Waals surface area contributed by atoms with Gasteiger partial charge in [0, 0.05) is 24.7 Å². The van der Waals surface area contributed by atoms with Crippen LogP contribution in [-0.4, -0.2) is 52.1 Å². The van der Waals surface area contributed by atoms with Gasteiger partial charge in [0.25, 0.3) is 0 Å². The Hall–Kier alpha value is -4.57. The summed E-state index contributed by atoms with van der Waals surface area (Å²) >= 11 is 0. The Morgan fingerprint density at radius 1 is 1.08 bits per heavy atom. The first kappa shape index (κ1) is 23.8. The lowest BCUT2D eigenvalue weighted by Gasteiger charge is -2.28. The number of ether oxygens (including phenoxy) is 5. The summed E-state index contributed by atoms with van der Waals surface area (Å²) in [6.45, 7) is 0.169. The quantitative estimate of drug-likeness (QED) is 0.335. The van der Waals surface area contributed by atoms with E-state index in [9.17, 15) is 5.11 Å². The fourth-order valence-electron chi connectivity index (χ4n) is 4.88. The lowest BCUT2D eigenvalue weighted by molar-refractivity contribution is 0.0565. The van der Waals surface area contributed by atoms with Crippen LogP contribution in [0, 0.1) is 0 Å². The summed E-state index contributed by atoms with van der Waals surface area (Å²) in [6, 6.07) is 10.8. The lowest BCUT2D eigenvalue weighted by atomic mass is 9.83. The zero-order chi connectivity index (χ0) is 26.2. The second kappa shape index (κ2) is 9.71. The number of aromatic nitrogens is 4. The lowest BCUT2D eigenvalue weighted by Crippen LogP contribution is -2.17. The van der Waals surface area contributed by atoms with Gasteiger partial charge in [-0.3, -0.25) is 0 Å². The van der Waals surface area contributed by atoms with E-state index in [0.717, 1.165) is 28.9 Å². The molecule has 1 aliphatic carbocycles. The van der Waals surface area contributed by atoms with Crippen LogP contribution in [0.4, 0.5) is 0 Å². The van der Waals surface area contributed by atoms with Crippen LogP contribution < -0.4 is 14.2 Å². The molecule has 10 heteroatoms. The molecule has 3 heterocycles. The molecule has 0 saturated heterocycles. The number of aromatic hydroxyl groups is 1. The van der Waals surface area contributed by atoms with Crippen LogP contribution in [0.25, 0.3) is 5.65 Å². The van der Waals surface area contributed by atoms with Gasteiger partial charge >= 0.3 is 0 Å². The number of hydrogen-bond acceptors (Lipinski definition) is 9. The maximum Gasteiger partial charge on any atom is 0.228 e. The van der Waals surface area contributed by atoms with E-state index in [2.05, 4.69) is 10.1 Å². The first-order valence-electron chi connectivity index (χ1n) is 12.1. The minimum atomic E-state index is -0.326. The summed E-state index contributed by atoms with van der Waals surface area (Å²) in [5.74, 6) is 3.11. The SMILES string of the molecule is COc1ccc(C2c3ccc(O)cc3Oc3ncn4nc(COC5=CC=CCC5OC)nc4c32)cc1OC. The molecule has 1 aliphatic heterocycles. The van der Waals surface area contributed by atoms with Crippen LogP contribution in [-0.2, 0) is 16.1 Å². The van der Waals surface area contributed by atoms with Crippen molar-refractivity contribution in [1.29, 1.82) is 0 Å². The highest BCUT2D eigenvalue weighted by Crippen LogP contribution is 2.49. The minimum Gasteiger partial charge on any atom is -0.508 e. The predicted octanol–water partition coefficient (Wildman–Crippen LogP) is 4.51. The monoisotopic (exact) mass is 514 g/mol. The van der Waals surface area contributed by atoms with E-state index in [1.165, 1.54) is 0 Å². The third kappa shape index (κ3) is 4.08. The molecule has 0 amide bonds. The zero-order valence-electron chi connectivity index (χ0n) is 21.1. The molecule has 2 aliphatic rings. The van der Waals surface area contributed by atoms with Crippen LogP contribution >= 0.6 is 0 Å². The van der Waals surface area contributed by atoms with Gasteiger partial charge in [-0.2, -0.15) is 0 Å². The Labute approximate surface area is 218 Å². The average Bonchev–Trinajstić information content (AvgIpc) is 3.38. The molecular formula is C28H26N4O6. The summed E-state index contributed by atoms with van der Waals surface area (Å²) in [5.41, 5.74) is 3.09. The van der Waals surface area contributed by atoms with Crippen molar-refractivity contribution in [1.82, 2.24) is 19.6 Å². The molecule has 0 saturated carbocycles. The van der Waals surface area contributed by atoms with Crippen LogP contribution in [0.3, 0.4) is 0 Å². The summed E-state index contributed by atoms with van der Waals surface area (Å²) in [7, 11) is 4.86. The molecule has 38 heavy (non-hydrogen) atoms. The standard InChI is InChI=1S/C28H26N4O6/c1-34-19-6-4-5-7-21(19)37-14-24-30-27-26-25(16-8-11-20(35-2)23(12-16)36-3)18-10-9-17(33)13-22(18)38-28(26)29-15-32(27)31-24/h4-5,7-13,15,19,25,33H,6,14H2,1-3H3. The largest absolute Gasteiger partial charge is 0.508 e. The Morgan fingerprint density at radius 2 is 1.95 bits per heavy atom. The van der Waals surface area contributed by atoms with E-state index < -0.39 is 0 Å². The number of benzene rings is 2. The molecule has 0 radical (unpaired) electrons. The first-order valence-corrected chi connectivity index (χ1v) is 12.1. The summed E-state index contributed by atoms with van der Waals surface area (Å²) in [5, 5.41) is 14.7. The maximum absolute atomic E-state index is 10.1. The number of nitrogens with zero attached hydrogens (tertiary/aromatic N) is 4. The highest BCUT2D eigenvalue weighted by atomic mass is 16.5. The molecule has 4 aromatic rings. The molecule has 2 unspecified atom stereocenters. The van der Waals surface area contributed by atoms with Gasteiger partial charge in [0.2, 0.25) is 5.88 Å². The Morgan fingerprint density at radius 3 is 2.76 bits per heavy atom. The fraction of sp³-hybridized carbons (Fsp3) is 0.250. The summed E-state index contributed by atoms with van der Waals surface area (Å²) in [4.78, 5) is 9.36. The van der Waals surface area contributed by atoms with Gasteiger partial charge in [0.15, 0.2) is 23.0 Å². The van der Waals surface area contributed by atoms with E-state index in [1.807, 2.05) is 42.5 Å². The van der Waals surface area contributed by atoms with Gasteiger partial charge in [0.05, 0.1) is 19.8 Å². The van der Waals surface area contributed by atoms with E-state index in [0.29, 0.717) is 34.6 Å². The summed E-state index contributed by atoms with van der Waals surface area (Å²) < 4.78 is 30.3. The molecule has 0 spiro atoms. The molecule has 2 aromatic carbocycles. The smallest absolute Gasteiger partial charge is 0.228 e. The van der Waals surface area contributed by atoms with Crippen molar-refractivity contribution < 1.29 is 28.8 Å². The first-order chi connectivity index (χ1) is 18.6. The molecule has 6 rings (SSSR count). The topological polar surface area (TPSA) is 109 Å². The normalized spacial score (nSPS) is 17.8. The van der Waals surface area contributed by atoms with Gasteiger partial charge in [-0.25, -0.2) is 14.5 Å². The molecule has 10 nitrogen and oxygen atoms in total. The highest BCUT2D eigenvalue weighted by molar-refractivity contribution is 5.67. The van der Waals surface area contributed by atoms with Crippen LogP contribution in [0.2, 0.25) is 0 Å². The number of hydrogen-bond donors (Lipinski definition) is 1. The molecule has 1 N–H and O–H groups in total. The number of methoxy groups -OCH3 is 3. The number of phenols is 1. The number of rotatable bonds is 7. The number of phenolic OH excluding ortho intramolecular Hbond substituents is 1. The number of allylic oxidation sites excluding steroid dienone is 2. The van der Waals surface area contributed by atoms with Gasteiger partial charge in [0.1, 0.15) is 36.3 Å². The average molecular weight is 515 g/mol. The van der Waals surface area contributed by atoms with Gasteiger partial charge < -0.3 is 28.8 Å². The summed E-state index contributed by atoms with van der Waals surface area (Å²) in [6.07, 6.45) is 8.05. The molecule has 0 bridgehead atoms. The van der Waals surface area contributed by atoms with Gasteiger partial charge in [-0.05, 0) is 36.3 Å². The van der Waals surface area contributed by atoms with Crippen molar-refractivity contribution in [2.24, 2.45) is 0 Å². The third-order valence-corrected chi connectivity index (χ3v) is 6.69. The van der Waals surface area contributed by atoms with E-state index in [1.54, 1.807) is 44.3 Å². The highest BCUT2D eigenvalue weighted by Gasteiger charge is 2.34. The van der Waals surface area contributed by atoms with Crippen molar-refractivity contribution in [3.05, 3.63) is 89.2 Å².